The van der Waals surface area contributed by atoms with Crippen molar-refractivity contribution in [2.75, 3.05) is 0 Å². The predicted octanol–water partition coefficient (Wildman–Crippen LogP) is -18.4. The zero-order chi connectivity index (χ0) is 0. The van der Waals surface area contributed by atoms with E-state index in [1.54, 1.807) is 0 Å². The van der Waals surface area contributed by atoms with Gasteiger partial charge in [0.05, 0.1) is 0 Å². The van der Waals surface area contributed by atoms with Crippen molar-refractivity contribution in [1.29, 1.82) is 0 Å². The molecule has 8 heavy (non-hydrogen) atoms. The molecule has 0 aliphatic heterocycles. The summed E-state index contributed by atoms with van der Waals surface area (Å²) in [6.45, 7) is 0. The Morgan fingerprint density at radius 2 is 0.375 bits per heavy atom. The van der Waals surface area contributed by atoms with Crippen LogP contribution in [0.3, 0.4) is 0 Å². The van der Waals surface area contributed by atoms with Gasteiger partial charge in [-0.2, -0.15) is 0 Å². The van der Waals surface area contributed by atoms with E-state index in [0.29, 0.717) is 0 Å². The van der Waals surface area contributed by atoms with Gasteiger partial charge in [-0.15, -0.1) is 0 Å². The molecular formula is CaCl6W. The van der Waals surface area contributed by atoms with E-state index >= 15 is 0 Å². The van der Waals surface area contributed by atoms with Crippen LogP contribution in [-0.4, -0.2) is 37.7 Å². The molecule has 0 radical (unpaired) electrons. The van der Waals surface area contributed by atoms with E-state index in [1.807, 2.05) is 0 Å². The zero-order valence-corrected chi connectivity index (χ0v) is 13.1. The van der Waals surface area contributed by atoms with Gasteiger partial charge in [-0.3, -0.25) is 0 Å². The fraction of sp³-hybridized carbons (Fsp3) is 0. The minimum absolute atomic E-state index is 0. The number of hydrogen-bond acceptors (Lipinski definition) is 0. The minimum atomic E-state index is 0. The molecule has 0 rings (SSSR count). The van der Waals surface area contributed by atoms with Gasteiger partial charge in [0.25, 0.3) is 0 Å². The topological polar surface area (TPSA) is 0 Å². The van der Waals surface area contributed by atoms with Gasteiger partial charge in [-0.1, -0.05) is 0 Å². The summed E-state index contributed by atoms with van der Waals surface area (Å²) in [5, 5.41) is 0. The predicted molar refractivity (Wildman–Crippen MR) is 5.75 cm³/mol. The average Bonchev–Trinajstić information content (AvgIpc) is 0. The number of halogens is 6. The first-order valence-electron chi connectivity index (χ1n) is 0. The Kier molecular flexibility index (Phi) is 905. The third-order valence-electron chi connectivity index (χ3n) is 0. The first-order valence-corrected chi connectivity index (χ1v) is 0. The fourth-order valence-electron chi connectivity index (χ4n) is 0. The molecule has 0 spiro atoms. The molecule has 0 aliphatic carbocycles. The largest absolute Gasteiger partial charge is 4.00 e. The Morgan fingerprint density at radius 1 is 0.375 bits per heavy atom. The zero-order valence-electron chi connectivity index (χ0n) is 3.38. The minimum Gasteiger partial charge on any atom is -1.00 e. The van der Waals surface area contributed by atoms with Crippen molar-refractivity contribution in [2.45, 2.75) is 0 Å². The summed E-state index contributed by atoms with van der Waals surface area (Å²) in [5.74, 6) is 0. The molecule has 50 valence electrons. The Hall–Kier alpha value is 3.69. The van der Waals surface area contributed by atoms with Crippen molar-refractivity contribution in [1.82, 2.24) is 0 Å². The molecule has 0 saturated heterocycles. The average molecular weight is 437 g/mol. The van der Waals surface area contributed by atoms with Crippen LogP contribution in [0.5, 0.6) is 0 Å². The van der Waals surface area contributed by atoms with E-state index in [-0.39, 0.29) is 133 Å². The first kappa shape index (κ1) is 98.2. The van der Waals surface area contributed by atoms with Gasteiger partial charge in [0.1, 0.15) is 0 Å². The van der Waals surface area contributed by atoms with Gasteiger partial charge >= 0.3 is 58.8 Å². The van der Waals surface area contributed by atoms with Crippen molar-refractivity contribution < 1.29 is 95.5 Å². The van der Waals surface area contributed by atoms with Crippen LogP contribution in [0, 0.1) is 0 Å². The van der Waals surface area contributed by atoms with Gasteiger partial charge in [-0.05, 0) is 0 Å². The normalized spacial score (nSPS) is 0. The molecule has 0 N–H and O–H groups in total. The van der Waals surface area contributed by atoms with Crippen LogP contribution in [0.25, 0.3) is 0 Å². The number of hydrogen-bond donors (Lipinski definition) is 0. The van der Waals surface area contributed by atoms with Crippen molar-refractivity contribution in [3.63, 3.8) is 0 Å². The van der Waals surface area contributed by atoms with Crippen molar-refractivity contribution in [3.8, 4) is 0 Å². The molecule has 8 heteroatoms. The summed E-state index contributed by atoms with van der Waals surface area (Å²) in [6.07, 6.45) is 0. The van der Waals surface area contributed by atoms with Gasteiger partial charge < -0.3 is 74.4 Å². The van der Waals surface area contributed by atoms with Crippen LogP contribution in [0.15, 0.2) is 0 Å². The van der Waals surface area contributed by atoms with E-state index in [9.17, 15) is 0 Å². The second kappa shape index (κ2) is 73.8. The van der Waals surface area contributed by atoms with Crippen LogP contribution in [0.2, 0.25) is 0 Å². The molecule has 0 aromatic rings. The maximum atomic E-state index is 0. The Labute approximate surface area is 131 Å². The fourth-order valence-corrected chi connectivity index (χ4v) is 0. The molecule has 0 amide bonds. The molecule has 0 fully saturated rings. The molecule has 0 aromatic carbocycles. The van der Waals surface area contributed by atoms with Crippen LogP contribution in [0.4, 0.5) is 0 Å². The quantitative estimate of drug-likeness (QED) is 0.331. The van der Waals surface area contributed by atoms with Gasteiger partial charge in [0.15, 0.2) is 0 Å². The second-order valence-corrected chi connectivity index (χ2v) is 0. The Morgan fingerprint density at radius 3 is 0.375 bits per heavy atom. The molecule has 0 heterocycles. The maximum absolute atomic E-state index is 0. The second-order valence-electron chi connectivity index (χ2n) is 0. The maximum Gasteiger partial charge on any atom is 4.00 e. The summed E-state index contributed by atoms with van der Waals surface area (Å²) in [4.78, 5) is 0. The van der Waals surface area contributed by atoms with Crippen molar-refractivity contribution >= 4 is 37.7 Å². The summed E-state index contributed by atoms with van der Waals surface area (Å²) in [5.41, 5.74) is 0. The van der Waals surface area contributed by atoms with E-state index in [0.717, 1.165) is 0 Å². The molecule has 0 aromatic heterocycles. The standard InChI is InChI=1S/Ca.6ClH.W/h;6*1H;/q+2;;;;;;;+4/p-6. The van der Waals surface area contributed by atoms with Gasteiger partial charge in [0, 0.05) is 0 Å². The van der Waals surface area contributed by atoms with Crippen molar-refractivity contribution in [2.24, 2.45) is 0 Å². The first-order chi connectivity index (χ1) is 0. The summed E-state index contributed by atoms with van der Waals surface area (Å²) in [7, 11) is 0. The molecular weight excluding hydrogens is 437 g/mol. The molecule has 0 nitrogen and oxygen atoms in total. The van der Waals surface area contributed by atoms with Crippen LogP contribution >= 0.6 is 0 Å². The van der Waals surface area contributed by atoms with Crippen LogP contribution < -0.4 is 74.4 Å². The molecule has 0 atom stereocenters. The Bertz CT molecular complexity index is 8.49. The Balaban J connectivity index is 0. The summed E-state index contributed by atoms with van der Waals surface area (Å²) < 4.78 is 0. The van der Waals surface area contributed by atoms with E-state index in [2.05, 4.69) is 0 Å². The van der Waals surface area contributed by atoms with Gasteiger partial charge in [0.2, 0.25) is 0 Å². The van der Waals surface area contributed by atoms with Crippen LogP contribution in [0.1, 0.15) is 0 Å². The molecule has 0 saturated carbocycles. The SMILES string of the molecule is [Ca+2].[Cl-].[Cl-].[Cl-].[Cl-].[Cl-].[Cl-].[W+4]. The summed E-state index contributed by atoms with van der Waals surface area (Å²) in [6, 6.07) is 0. The van der Waals surface area contributed by atoms with E-state index in [4.69, 9.17) is 0 Å². The smallest absolute Gasteiger partial charge is 1.00 e. The van der Waals surface area contributed by atoms with Crippen LogP contribution in [-0.2, 0) is 21.1 Å². The monoisotopic (exact) mass is 434 g/mol. The van der Waals surface area contributed by atoms with E-state index in [1.165, 1.54) is 0 Å². The van der Waals surface area contributed by atoms with Gasteiger partial charge in [-0.25, -0.2) is 0 Å². The molecule has 0 unspecified atom stereocenters. The van der Waals surface area contributed by atoms with Crippen molar-refractivity contribution in [3.05, 3.63) is 0 Å². The third kappa shape index (κ3) is 53.8. The summed E-state index contributed by atoms with van der Waals surface area (Å²) >= 11 is 0. The van der Waals surface area contributed by atoms with E-state index < -0.39 is 0 Å². The number of rotatable bonds is 0. The third-order valence-corrected chi connectivity index (χ3v) is 0. The molecule has 0 aliphatic rings. The molecule has 0 bridgehead atoms.